The van der Waals surface area contributed by atoms with Crippen molar-refractivity contribution in [3.8, 4) is 5.75 Å². The Kier molecular flexibility index (Phi) is 2.94. The maximum absolute atomic E-state index is 5.31. The van der Waals surface area contributed by atoms with Crippen LogP contribution in [0.25, 0.3) is 0 Å². The lowest BCUT2D eigenvalue weighted by Gasteiger charge is -2.07. The van der Waals surface area contributed by atoms with Gasteiger partial charge in [0.25, 0.3) is 0 Å². The second-order valence-corrected chi connectivity index (χ2v) is 2.55. The Morgan fingerprint density at radius 3 is 2.83 bits per heavy atom. The van der Waals surface area contributed by atoms with Crippen molar-refractivity contribution < 1.29 is 4.74 Å². The first-order chi connectivity index (χ1) is 5.77. The molecular formula is C9H14N2O. The van der Waals surface area contributed by atoms with Gasteiger partial charge in [-0.1, -0.05) is 6.07 Å². The number of hydrazine groups is 1. The molecule has 12 heavy (non-hydrogen) atoms. The van der Waals surface area contributed by atoms with Crippen molar-refractivity contribution in [3.05, 3.63) is 23.8 Å². The molecule has 0 aliphatic heterocycles. The molecule has 3 N–H and O–H groups in total. The first kappa shape index (κ1) is 8.87. The lowest BCUT2D eigenvalue weighted by molar-refractivity contribution is 0.340. The molecule has 0 unspecified atom stereocenters. The summed E-state index contributed by atoms with van der Waals surface area (Å²) in [6.07, 6.45) is 0. The molecule has 0 saturated heterocycles. The van der Waals surface area contributed by atoms with Crippen LogP contribution >= 0.6 is 0 Å². The zero-order chi connectivity index (χ0) is 8.97. The summed E-state index contributed by atoms with van der Waals surface area (Å²) < 4.78 is 5.31. The number of nitrogens with two attached hydrogens (primary N) is 1. The van der Waals surface area contributed by atoms with Crippen LogP contribution in [0, 0.1) is 6.92 Å². The van der Waals surface area contributed by atoms with Crippen molar-refractivity contribution in [2.24, 2.45) is 5.84 Å². The number of anilines is 1. The van der Waals surface area contributed by atoms with E-state index in [2.05, 4.69) is 5.43 Å². The molecule has 0 aliphatic carbocycles. The minimum Gasteiger partial charge on any atom is -0.494 e. The molecule has 3 heteroatoms. The van der Waals surface area contributed by atoms with E-state index in [-0.39, 0.29) is 0 Å². The lowest BCUT2D eigenvalue weighted by atomic mass is 10.2. The maximum atomic E-state index is 5.31. The zero-order valence-electron chi connectivity index (χ0n) is 7.42. The summed E-state index contributed by atoms with van der Waals surface area (Å²) >= 11 is 0. The number of hydrogen-bond acceptors (Lipinski definition) is 3. The van der Waals surface area contributed by atoms with E-state index < -0.39 is 0 Å². The number of ether oxygens (including phenoxy) is 1. The molecule has 0 heterocycles. The third-order valence-electron chi connectivity index (χ3n) is 1.68. The van der Waals surface area contributed by atoms with Gasteiger partial charge in [-0.2, -0.15) is 0 Å². The van der Waals surface area contributed by atoms with Crippen LogP contribution in [-0.2, 0) is 0 Å². The Hall–Kier alpha value is -1.22. The Morgan fingerprint density at radius 2 is 2.25 bits per heavy atom. The van der Waals surface area contributed by atoms with Crippen LogP contribution in [-0.4, -0.2) is 6.61 Å². The molecule has 0 fully saturated rings. The number of rotatable bonds is 3. The fraction of sp³-hybridized carbons (Fsp3) is 0.333. The summed E-state index contributed by atoms with van der Waals surface area (Å²) in [5.74, 6) is 6.15. The third kappa shape index (κ3) is 1.89. The van der Waals surface area contributed by atoms with Gasteiger partial charge in [-0.15, -0.1) is 0 Å². The molecule has 0 bridgehead atoms. The molecule has 0 atom stereocenters. The van der Waals surface area contributed by atoms with Gasteiger partial charge in [0.15, 0.2) is 0 Å². The van der Waals surface area contributed by atoms with Gasteiger partial charge in [0.1, 0.15) is 5.75 Å². The highest BCUT2D eigenvalue weighted by molar-refractivity contribution is 5.53. The molecule has 0 amide bonds. The van der Waals surface area contributed by atoms with Gasteiger partial charge in [0.05, 0.1) is 12.3 Å². The van der Waals surface area contributed by atoms with E-state index in [0.717, 1.165) is 17.0 Å². The van der Waals surface area contributed by atoms with Crippen molar-refractivity contribution in [2.45, 2.75) is 13.8 Å². The monoisotopic (exact) mass is 166 g/mol. The molecule has 0 aliphatic rings. The molecule has 0 radical (unpaired) electrons. The van der Waals surface area contributed by atoms with E-state index >= 15 is 0 Å². The maximum Gasteiger partial charge on any atom is 0.121 e. The van der Waals surface area contributed by atoms with Crippen molar-refractivity contribution >= 4 is 5.69 Å². The molecule has 1 rings (SSSR count). The normalized spacial score (nSPS) is 9.58. The lowest BCUT2D eigenvalue weighted by Crippen LogP contribution is -2.08. The van der Waals surface area contributed by atoms with E-state index in [9.17, 15) is 0 Å². The van der Waals surface area contributed by atoms with Crippen molar-refractivity contribution in [2.75, 3.05) is 12.0 Å². The summed E-state index contributed by atoms with van der Waals surface area (Å²) in [6.45, 7) is 4.62. The van der Waals surface area contributed by atoms with Crippen LogP contribution in [0.3, 0.4) is 0 Å². The quantitative estimate of drug-likeness (QED) is 0.530. The van der Waals surface area contributed by atoms with Gasteiger partial charge >= 0.3 is 0 Å². The predicted molar refractivity (Wildman–Crippen MR) is 50.2 cm³/mol. The zero-order valence-corrected chi connectivity index (χ0v) is 7.42. The van der Waals surface area contributed by atoms with E-state index in [0.29, 0.717) is 6.61 Å². The smallest absolute Gasteiger partial charge is 0.121 e. The first-order valence-electron chi connectivity index (χ1n) is 3.98. The molecule has 0 spiro atoms. The second-order valence-electron chi connectivity index (χ2n) is 2.55. The number of nitrogen functional groups attached to an aromatic ring is 1. The van der Waals surface area contributed by atoms with Crippen LogP contribution in [0.15, 0.2) is 18.2 Å². The van der Waals surface area contributed by atoms with Crippen LogP contribution in [0.5, 0.6) is 5.75 Å². The second kappa shape index (κ2) is 3.97. The van der Waals surface area contributed by atoms with Gasteiger partial charge in [-0.05, 0) is 25.5 Å². The minimum atomic E-state index is 0.674. The highest BCUT2D eigenvalue weighted by Crippen LogP contribution is 2.20. The Morgan fingerprint density at radius 1 is 1.50 bits per heavy atom. The molecule has 0 saturated carbocycles. The average Bonchev–Trinajstić information content (AvgIpc) is 2.09. The molecule has 0 aromatic heterocycles. The van der Waals surface area contributed by atoms with Gasteiger partial charge in [0, 0.05) is 6.07 Å². The predicted octanol–water partition coefficient (Wildman–Crippen LogP) is 1.68. The van der Waals surface area contributed by atoms with Crippen LogP contribution in [0.1, 0.15) is 12.5 Å². The summed E-state index contributed by atoms with van der Waals surface area (Å²) in [7, 11) is 0. The first-order valence-corrected chi connectivity index (χ1v) is 3.98. The van der Waals surface area contributed by atoms with Crippen molar-refractivity contribution in [1.82, 2.24) is 0 Å². The van der Waals surface area contributed by atoms with E-state index in [1.807, 2.05) is 32.0 Å². The summed E-state index contributed by atoms with van der Waals surface area (Å²) in [5.41, 5.74) is 4.63. The molecule has 66 valence electrons. The summed E-state index contributed by atoms with van der Waals surface area (Å²) in [4.78, 5) is 0. The van der Waals surface area contributed by atoms with Crippen molar-refractivity contribution in [1.29, 1.82) is 0 Å². The summed E-state index contributed by atoms with van der Waals surface area (Å²) in [6, 6.07) is 5.79. The Bertz CT molecular complexity index is 261. The van der Waals surface area contributed by atoms with Crippen LogP contribution in [0.4, 0.5) is 5.69 Å². The van der Waals surface area contributed by atoms with E-state index in [1.165, 1.54) is 0 Å². The number of hydrogen-bond donors (Lipinski definition) is 2. The highest BCUT2D eigenvalue weighted by Gasteiger charge is 1.97. The largest absolute Gasteiger partial charge is 0.494 e. The van der Waals surface area contributed by atoms with Crippen LogP contribution < -0.4 is 16.0 Å². The average molecular weight is 166 g/mol. The van der Waals surface area contributed by atoms with E-state index in [1.54, 1.807) is 0 Å². The SMILES string of the molecule is CCOc1ccc(C)c(NN)c1. The van der Waals surface area contributed by atoms with Crippen LogP contribution in [0.2, 0.25) is 0 Å². The van der Waals surface area contributed by atoms with Gasteiger partial charge in [-0.25, -0.2) is 0 Å². The Balaban J connectivity index is 2.89. The number of aryl methyl sites for hydroxylation is 1. The standard InChI is InChI=1S/C9H14N2O/c1-3-12-8-5-4-7(2)9(6-8)11-10/h4-6,11H,3,10H2,1-2H3. The Labute approximate surface area is 72.5 Å². The molecule has 1 aromatic rings. The number of nitrogens with one attached hydrogen (secondary N) is 1. The van der Waals surface area contributed by atoms with Gasteiger partial charge < -0.3 is 10.2 Å². The van der Waals surface area contributed by atoms with Gasteiger partial charge in [0.2, 0.25) is 0 Å². The minimum absolute atomic E-state index is 0.674. The molecular weight excluding hydrogens is 152 g/mol. The molecule has 3 nitrogen and oxygen atoms in total. The third-order valence-corrected chi connectivity index (χ3v) is 1.68. The van der Waals surface area contributed by atoms with E-state index in [4.69, 9.17) is 10.6 Å². The molecule has 1 aromatic carbocycles. The van der Waals surface area contributed by atoms with Gasteiger partial charge in [-0.3, -0.25) is 5.84 Å². The summed E-state index contributed by atoms with van der Waals surface area (Å²) in [5, 5.41) is 0. The topological polar surface area (TPSA) is 47.3 Å². The fourth-order valence-corrected chi connectivity index (χ4v) is 1.01. The highest BCUT2D eigenvalue weighted by atomic mass is 16.5. The number of benzene rings is 1. The fourth-order valence-electron chi connectivity index (χ4n) is 1.01. The van der Waals surface area contributed by atoms with Crippen molar-refractivity contribution in [3.63, 3.8) is 0 Å².